The van der Waals surface area contributed by atoms with E-state index in [9.17, 15) is 9.59 Å². The van der Waals surface area contributed by atoms with Crippen molar-refractivity contribution in [3.63, 3.8) is 0 Å². The van der Waals surface area contributed by atoms with Gasteiger partial charge in [-0.3, -0.25) is 14.6 Å². The fraction of sp³-hybridized carbons (Fsp3) is 0.105. The number of nitrogens with zero attached hydrogens (tertiary/aromatic N) is 1. The van der Waals surface area contributed by atoms with Gasteiger partial charge in [-0.1, -0.05) is 36.4 Å². The Hall–Kier alpha value is -2.48. The van der Waals surface area contributed by atoms with Gasteiger partial charge in [-0.2, -0.15) is 0 Å². The molecule has 1 aromatic heterocycles. The van der Waals surface area contributed by atoms with Gasteiger partial charge in [0.1, 0.15) is 6.04 Å². The number of nitrogens with two attached hydrogens (primary N) is 1. The minimum atomic E-state index is -0.782. The molecule has 0 aliphatic carbocycles. The van der Waals surface area contributed by atoms with Crippen LogP contribution in [0.1, 0.15) is 15.9 Å². The first-order valence-corrected chi connectivity index (χ1v) is 8.81. The standard InChI is InChI=1S/C19H16IN3O2/c20-15-7-3-1-5-12(15)11-17(18(21)24)23-19(25)14-9-10-22-16-8-4-2-6-13(14)16/h1-10,17H,11H2,(H2,21,24)(H,23,25)/t17-/m1/s1. The van der Waals surface area contributed by atoms with Gasteiger partial charge in [-0.25, -0.2) is 0 Å². The minimum absolute atomic E-state index is 0.340. The van der Waals surface area contributed by atoms with Crippen LogP contribution in [0.3, 0.4) is 0 Å². The largest absolute Gasteiger partial charge is 0.368 e. The van der Waals surface area contributed by atoms with E-state index in [-0.39, 0.29) is 5.91 Å². The van der Waals surface area contributed by atoms with Crippen molar-refractivity contribution in [3.8, 4) is 0 Å². The monoisotopic (exact) mass is 445 g/mol. The van der Waals surface area contributed by atoms with Gasteiger partial charge < -0.3 is 11.1 Å². The van der Waals surface area contributed by atoms with Crippen LogP contribution in [0.4, 0.5) is 0 Å². The van der Waals surface area contributed by atoms with Crippen molar-refractivity contribution in [2.45, 2.75) is 12.5 Å². The number of rotatable bonds is 5. The number of para-hydroxylation sites is 1. The molecule has 3 N–H and O–H groups in total. The fourth-order valence-corrected chi connectivity index (χ4v) is 3.24. The van der Waals surface area contributed by atoms with Gasteiger partial charge in [-0.15, -0.1) is 0 Å². The highest BCUT2D eigenvalue weighted by atomic mass is 127. The van der Waals surface area contributed by atoms with Crippen molar-refractivity contribution in [1.82, 2.24) is 10.3 Å². The van der Waals surface area contributed by atoms with E-state index < -0.39 is 11.9 Å². The molecule has 0 bridgehead atoms. The van der Waals surface area contributed by atoms with Gasteiger partial charge in [0.15, 0.2) is 0 Å². The molecule has 0 radical (unpaired) electrons. The topological polar surface area (TPSA) is 85.1 Å². The Morgan fingerprint density at radius 1 is 1.08 bits per heavy atom. The Balaban J connectivity index is 1.86. The summed E-state index contributed by atoms with van der Waals surface area (Å²) in [5, 5.41) is 3.49. The summed E-state index contributed by atoms with van der Waals surface area (Å²) in [5.41, 5.74) is 7.67. The summed E-state index contributed by atoms with van der Waals surface area (Å²) in [4.78, 5) is 28.8. The van der Waals surface area contributed by atoms with E-state index in [1.165, 1.54) is 0 Å². The van der Waals surface area contributed by atoms with Gasteiger partial charge in [-0.05, 0) is 46.4 Å². The number of benzene rings is 2. The molecule has 0 saturated carbocycles. The molecule has 25 heavy (non-hydrogen) atoms. The Labute approximate surface area is 158 Å². The highest BCUT2D eigenvalue weighted by Gasteiger charge is 2.21. The number of aromatic nitrogens is 1. The molecule has 1 heterocycles. The zero-order chi connectivity index (χ0) is 17.8. The number of pyridine rings is 1. The molecule has 0 unspecified atom stereocenters. The number of amides is 2. The molecule has 0 aliphatic rings. The van der Waals surface area contributed by atoms with Gasteiger partial charge >= 0.3 is 0 Å². The van der Waals surface area contributed by atoms with E-state index in [1.54, 1.807) is 12.3 Å². The predicted octanol–water partition coefficient (Wildman–Crippen LogP) is 2.67. The van der Waals surface area contributed by atoms with Gasteiger partial charge in [0.2, 0.25) is 5.91 Å². The van der Waals surface area contributed by atoms with E-state index in [0.29, 0.717) is 12.0 Å². The fourth-order valence-electron chi connectivity index (χ4n) is 2.64. The molecule has 2 amide bonds. The first-order chi connectivity index (χ1) is 12.1. The van der Waals surface area contributed by atoms with Crippen molar-refractivity contribution < 1.29 is 9.59 Å². The lowest BCUT2D eigenvalue weighted by Gasteiger charge is -2.17. The third kappa shape index (κ3) is 3.96. The van der Waals surface area contributed by atoms with Crippen LogP contribution in [0.2, 0.25) is 0 Å². The summed E-state index contributed by atoms with van der Waals surface area (Å²) in [5.74, 6) is -0.903. The molecule has 1 atom stereocenters. The number of halogens is 1. The smallest absolute Gasteiger partial charge is 0.252 e. The van der Waals surface area contributed by atoms with Crippen LogP contribution >= 0.6 is 22.6 Å². The first-order valence-electron chi connectivity index (χ1n) is 7.73. The number of hydrogen-bond acceptors (Lipinski definition) is 3. The Morgan fingerprint density at radius 2 is 1.80 bits per heavy atom. The summed E-state index contributed by atoms with van der Waals surface area (Å²) >= 11 is 2.20. The first kappa shape index (κ1) is 17.3. The Morgan fingerprint density at radius 3 is 2.56 bits per heavy atom. The van der Waals surface area contributed by atoms with Crippen LogP contribution in [0, 0.1) is 3.57 Å². The summed E-state index contributed by atoms with van der Waals surface area (Å²) in [7, 11) is 0. The molecule has 0 aliphatic heterocycles. The molecule has 126 valence electrons. The highest BCUT2D eigenvalue weighted by Crippen LogP contribution is 2.17. The molecule has 6 heteroatoms. The van der Waals surface area contributed by atoms with Crippen LogP contribution in [0.5, 0.6) is 0 Å². The number of hydrogen-bond donors (Lipinski definition) is 2. The van der Waals surface area contributed by atoms with Crippen molar-refractivity contribution in [2.24, 2.45) is 5.73 Å². The zero-order valence-corrected chi connectivity index (χ0v) is 15.4. The molecular formula is C19H16IN3O2. The quantitative estimate of drug-likeness (QED) is 0.593. The lowest BCUT2D eigenvalue weighted by atomic mass is 10.0. The van der Waals surface area contributed by atoms with Gasteiger partial charge in [0, 0.05) is 21.6 Å². The number of carbonyl (C=O) groups excluding carboxylic acids is 2. The van der Waals surface area contributed by atoms with Crippen LogP contribution in [-0.2, 0) is 11.2 Å². The number of carbonyl (C=O) groups is 2. The molecule has 0 spiro atoms. The van der Waals surface area contributed by atoms with E-state index in [0.717, 1.165) is 20.0 Å². The van der Waals surface area contributed by atoms with Crippen molar-refractivity contribution in [2.75, 3.05) is 0 Å². The highest BCUT2D eigenvalue weighted by molar-refractivity contribution is 14.1. The number of primary amides is 1. The van der Waals surface area contributed by atoms with Gasteiger partial charge in [0.05, 0.1) is 11.1 Å². The van der Waals surface area contributed by atoms with E-state index in [2.05, 4.69) is 32.9 Å². The maximum atomic E-state index is 12.7. The summed E-state index contributed by atoms with van der Waals surface area (Å²) in [6.45, 7) is 0. The SMILES string of the molecule is NC(=O)[C@@H](Cc1ccccc1I)NC(=O)c1ccnc2ccccc12. The summed E-state index contributed by atoms with van der Waals surface area (Å²) < 4.78 is 1.02. The lowest BCUT2D eigenvalue weighted by Crippen LogP contribution is -2.46. The Kier molecular flexibility index (Phi) is 5.28. The van der Waals surface area contributed by atoms with E-state index in [1.807, 2.05) is 48.5 Å². The number of nitrogens with one attached hydrogen (secondary N) is 1. The predicted molar refractivity (Wildman–Crippen MR) is 105 cm³/mol. The van der Waals surface area contributed by atoms with Crippen molar-refractivity contribution in [3.05, 3.63) is 75.5 Å². The van der Waals surface area contributed by atoms with E-state index in [4.69, 9.17) is 5.73 Å². The molecule has 2 aromatic carbocycles. The van der Waals surface area contributed by atoms with Crippen LogP contribution in [0.15, 0.2) is 60.8 Å². The molecule has 3 rings (SSSR count). The van der Waals surface area contributed by atoms with Crippen LogP contribution in [0.25, 0.3) is 10.9 Å². The summed E-state index contributed by atoms with van der Waals surface area (Å²) in [6, 6.07) is 15.9. The van der Waals surface area contributed by atoms with Crippen LogP contribution < -0.4 is 11.1 Å². The maximum absolute atomic E-state index is 12.7. The van der Waals surface area contributed by atoms with E-state index >= 15 is 0 Å². The Bertz CT molecular complexity index is 937. The maximum Gasteiger partial charge on any atom is 0.252 e. The second-order valence-electron chi connectivity index (χ2n) is 5.60. The second-order valence-corrected chi connectivity index (χ2v) is 6.76. The van der Waals surface area contributed by atoms with Crippen LogP contribution in [-0.4, -0.2) is 22.8 Å². The third-order valence-electron chi connectivity index (χ3n) is 3.92. The summed E-state index contributed by atoms with van der Waals surface area (Å²) in [6.07, 6.45) is 1.93. The van der Waals surface area contributed by atoms with Crippen molar-refractivity contribution >= 4 is 45.3 Å². The van der Waals surface area contributed by atoms with Crippen molar-refractivity contribution in [1.29, 1.82) is 0 Å². The third-order valence-corrected chi connectivity index (χ3v) is 4.98. The average molecular weight is 445 g/mol. The molecule has 3 aromatic rings. The number of fused-ring (bicyclic) bond motifs is 1. The molecule has 5 nitrogen and oxygen atoms in total. The van der Waals surface area contributed by atoms with Gasteiger partial charge in [0.25, 0.3) is 5.91 Å². The normalized spacial score (nSPS) is 11.9. The molecule has 0 saturated heterocycles. The second kappa shape index (κ2) is 7.60. The molecular weight excluding hydrogens is 429 g/mol. The average Bonchev–Trinajstić information content (AvgIpc) is 2.62. The minimum Gasteiger partial charge on any atom is -0.368 e. The zero-order valence-electron chi connectivity index (χ0n) is 13.3. The molecule has 0 fully saturated rings. The lowest BCUT2D eigenvalue weighted by molar-refractivity contribution is -0.119.